The van der Waals surface area contributed by atoms with Gasteiger partial charge in [-0.1, -0.05) is 142 Å². The molecule has 0 aromatic heterocycles. The Morgan fingerprint density at radius 1 is 0.750 bits per heavy atom. The molecule has 2 atom stereocenters. The third-order valence-electron chi connectivity index (χ3n) is 7.63. The summed E-state index contributed by atoms with van der Waals surface area (Å²) in [5, 5.41) is 18.1. The van der Waals surface area contributed by atoms with Crippen LogP contribution in [0.1, 0.15) is 58.7 Å². The summed E-state index contributed by atoms with van der Waals surface area (Å²) >= 11 is 0. The van der Waals surface area contributed by atoms with E-state index < -0.39 is 32.1 Å². The van der Waals surface area contributed by atoms with Crippen molar-refractivity contribution in [3.05, 3.63) is 132 Å². The molecule has 0 heterocycles. The van der Waals surface area contributed by atoms with Gasteiger partial charge < -0.3 is 19.7 Å². The highest BCUT2D eigenvalue weighted by atomic mass is 28.4. The zero-order valence-corrected chi connectivity index (χ0v) is 27.7. The van der Waals surface area contributed by atoms with E-state index in [1.54, 1.807) is 0 Å². The number of carbonyl (C=O) groups is 1. The van der Waals surface area contributed by atoms with Gasteiger partial charge in [0, 0.05) is 6.54 Å². The van der Waals surface area contributed by atoms with Crippen LogP contribution in [0.25, 0.3) is 0 Å². The molecule has 0 aliphatic carbocycles. The van der Waals surface area contributed by atoms with Crippen LogP contribution >= 0.6 is 0 Å². The summed E-state index contributed by atoms with van der Waals surface area (Å²) < 4.78 is 13.0. The van der Waals surface area contributed by atoms with E-state index in [1.165, 1.54) is 5.06 Å². The standard InChI is InChI=1S/C37H46N2O4Si/c1-36(2,3)43-35(40)38-33(34(30-21-13-8-14-22-30)39(41)27-29-19-11-7-12-20-29)28-42-44(37(4,5)6,31-23-15-9-16-24-31)32-25-17-10-18-26-32/h7-26,33-34,41H,27-28H2,1-6H3,(H,38,40)/t33-,34+/m0/s1. The van der Waals surface area contributed by atoms with Crippen LogP contribution in [0.5, 0.6) is 0 Å². The molecular weight excluding hydrogens is 565 g/mol. The van der Waals surface area contributed by atoms with Crippen LogP contribution in [0.3, 0.4) is 0 Å². The summed E-state index contributed by atoms with van der Waals surface area (Å²) in [5.41, 5.74) is 1.09. The number of ether oxygens (including phenoxy) is 1. The van der Waals surface area contributed by atoms with Gasteiger partial charge in [0.15, 0.2) is 0 Å². The van der Waals surface area contributed by atoms with E-state index in [0.29, 0.717) is 0 Å². The number of nitrogens with zero attached hydrogens (tertiary/aromatic N) is 1. The van der Waals surface area contributed by atoms with E-state index in [0.717, 1.165) is 21.5 Å². The molecule has 4 rings (SSSR count). The van der Waals surface area contributed by atoms with Crippen molar-refractivity contribution in [2.45, 2.75) is 70.8 Å². The van der Waals surface area contributed by atoms with Gasteiger partial charge in [-0.15, -0.1) is 0 Å². The molecule has 0 bridgehead atoms. The summed E-state index contributed by atoms with van der Waals surface area (Å²) in [7, 11) is -2.96. The molecule has 0 aliphatic heterocycles. The summed E-state index contributed by atoms with van der Waals surface area (Å²) in [6.45, 7) is 12.6. The molecule has 0 saturated carbocycles. The lowest BCUT2D eigenvalue weighted by Gasteiger charge is -2.44. The number of nitrogens with one attached hydrogen (secondary N) is 1. The molecule has 0 radical (unpaired) electrons. The molecular formula is C37H46N2O4Si. The van der Waals surface area contributed by atoms with E-state index in [4.69, 9.17) is 9.16 Å². The van der Waals surface area contributed by atoms with E-state index in [9.17, 15) is 10.0 Å². The molecule has 232 valence electrons. The quantitative estimate of drug-likeness (QED) is 0.140. The predicted octanol–water partition coefficient (Wildman–Crippen LogP) is 7.09. The van der Waals surface area contributed by atoms with Gasteiger partial charge in [0.05, 0.1) is 18.7 Å². The van der Waals surface area contributed by atoms with Crippen LogP contribution in [0, 0.1) is 0 Å². The number of hydroxylamine groups is 2. The number of alkyl carbamates (subject to hydrolysis) is 1. The molecule has 0 aliphatic rings. The molecule has 0 spiro atoms. The lowest BCUT2D eigenvalue weighted by molar-refractivity contribution is -0.148. The maximum Gasteiger partial charge on any atom is 0.408 e. The van der Waals surface area contributed by atoms with Crippen LogP contribution < -0.4 is 15.7 Å². The highest BCUT2D eigenvalue weighted by molar-refractivity contribution is 6.99. The number of hydrogen-bond donors (Lipinski definition) is 2. The first-order chi connectivity index (χ1) is 20.9. The first kappa shape index (κ1) is 33.1. The van der Waals surface area contributed by atoms with Gasteiger partial charge in [-0.25, -0.2) is 4.79 Å². The summed E-state index contributed by atoms with van der Waals surface area (Å²) in [6, 6.07) is 39.0. The first-order valence-corrected chi connectivity index (χ1v) is 17.1. The van der Waals surface area contributed by atoms with Crippen LogP contribution in [-0.4, -0.2) is 42.9 Å². The smallest absolute Gasteiger partial charge is 0.408 e. The Morgan fingerprint density at radius 3 is 1.66 bits per heavy atom. The van der Waals surface area contributed by atoms with E-state index >= 15 is 0 Å². The van der Waals surface area contributed by atoms with E-state index in [-0.39, 0.29) is 18.2 Å². The molecule has 4 aromatic rings. The molecule has 0 saturated heterocycles. The third-order valence-corrected chi connectivity index (χ3v) is 12.6. The molecule has 44 heavy (non-hydrogen) atoms. The number of benzene rings is 4. The van der Waals surface area contributed by atoms with Crippen LogP contribution in [0.2, 0.25) is 5.04 Å². The van der Waals surface area contributed by atoms with Crippen molar-refractivity contribution in [2.75, 3.05) is 6.61 Å². The Bertz CT molecular complexity index is 1400. The van der Waals surface area contributed by atoms with Gasteiger partial charge in [0.1, 0.15) is 5.60 Å². The average Bonchev–Trinajstić information content (AvgIpc) is 2.98. The first-order valence-electron chi connectivity index (χ1n) is 15.2. The fraction of sp³-hybridized carbons (Fsp3) is 0.324. The van der Waals surface area contributed by atoms with Crippen molar-refractivity contribution in [2.24, 2.45) is 0 Å². The lowest BCUT2D eigenvalue weighted by Crippen LogP contribution is -2.67. The normalized spacial score (nSPS) is 13.7. The number of carbonyl (C=O) groups excluding carboxylic acids is 1. The fourth-order valence-corrected chi connectivity index (χ4v) is 10.4. The second-order valence-corrected chi connectivity index (χ2v) is 17.5. The Morgan fingerprint density at radius 2 is 1.20 bits per heavy atom. The van der Waals surface area contributed by atoms with Crippen molar-refractivity contribution >= 4 is 24.8 Å². The van der Waals surface area contributed by atoms with Crippen molar-refractivity contribution in [3.8, 4) is 0 Å². The Balaban J connectivity index is 1.81. The Kier molecular flexibility index (Phi) is 10.8. The van der Waals surface area contributed by atoms with Gasteiger partial charge >= 0.3 is 6.09 Å². The minimum absolute atomic E-state index is 0.137. The molecule has 7 heteroatoms. The van der Waals surface area contributed by atoms with Crippen LogP contribution in [0.15, 0.2) is 121 Å². The lowest BCUT2D eigenvalue weighted by atomic mass is 9.98. The Labute approximate surface area is 263 Å². The second-order valence-electron chi connectivity index (χ2n) is 13.2. The highest BCUT2D eigenvalue weighted by Gasteiger charge is 2.51. The van der Waals surface area contributed by atoms with Gasteiger partial charge in [-0.05, 0) is 47.3 Å². The largest absolute Gasteiger partial charge is 0.444 e. The number of rotatable bonds is 11. The number of hydrogen-bond acceptors (Lipinski definition) is 5. The SMILES string of the molecule is CC(C)(C)OC(=O)N[C@@H](CO[Si](c1ccccc1)(c1ccccc1)C(C)(C)C)[C@@H](c1ccccc1)N(O)Cc1ccccc1. The molecule has 2 N–H and O–H groups in total. The monoisotopic (exact) mass is 610 g/mol. The summed E-state index contributed by atoms with van der Waals surface area (Å²) in [4.78, 5) is 13.4. The van der Waals surface area contributed by atoms with Gasteiger partial charge in [-0.3, -0.25) is 0 Å². The Hall–Kier alpha value is -3.75. The maximum absolute atomic E-state index is 13.4. The summed E-state index contributed by atoms with van der Waals surface area (Å²) in [5.74, 6) is 0. The van der Waals surface area contributed by atoms with Gasteiger partial charge in [0.2, 0.25) is 0 Å². The van der Waals surface area contributed by atoms with Gasteiger partial charge in [0.25, 0.3) is 8.32 Å². The fourth-order valence-electron chi connectivity index (χ4n) is 5.78. The van der Waals surface area contributed by atoms with E-state index in [2.05, 4.69) is 50.4 Å². The number of amides is 1. The zero-order valence-electron chi connectivity index (χ0n) is 26.7. The molecule has 0 fully saturated rings. The third kappa shape index (κ3) is 8.24. The van der Waals surface area contributed by atoms with Crippen LogP contribution in [0.4, 0.5) is 4.79 Å². The highest BCUT2D eigenvalue weighted by Crippen LogP contribution is 2.37. The molecule has 1 amide bonds. The predicted molar refractivity (Wildman–Crippen MR) is 180 cm³/mol. The average molecular weight is 611 g/mol. The molecule has 6 nitrogen and oxygen atoms in total. The van der Waals surface area contributed by atoms with Crippen molar-refractivity contribution in [1.29, 1.82) is 0 Å². The van der Waals surface area contributed by atoms with Crippen molar-refractivity contribution in [3.63, 3.8) is 0 Å². The minimum atomic E-state index is -2.96. The van der Waals surface area contributed by atoms with Crippen molar-refractivity contribution < 1.29 is 19.2 Å². The summed E-state index contributed by atoms with van der Waals surface area (Å²) in [6.07, 6.45) is -0.567. The molecule has 0 unspecified atom stereocenters. The molecule has 4 aromatic carbocycles. The van der Waals surface area contributed by atoms with Crippen molar-refractivity contribution in [1.82, 2.24) is 10.4 Å². The second kappa shape index (κ2) is 14.4. The minimum Gasteiger partial charge on any atom is -0.444 e. The van der Waals surface area contributed by atoms with E-state index in [1.807, 2.05) is 118 Å². The van der Waals surface area contributed by atoms with Gasteiger partial charge in [-0.2, -0.15) is 5.06 Å². The maximum atomic E-state index is 13.4. The zero-order chi connectivity index (χ0) is 31.8. The van der Waals surface area contributed by atoms with Crippen LogP contribution in [-0.2, 0) is 15.7 Å². The topological polar surface area (TPSA) is 71.0 Å².